The van der Waals surface area contributed by atoms with Crippen LogP contribution >= 0.6 is 15.9 Å². The van der Waals surface area contributed by atoms with Crippen LogP contribution in [0.4, 0.5) is 0 Å². The van der Waals surface area contributed by atoms with Crippen LogP contribution in [0.15, 0.2) is 66.7 Å². The second-order valence-electron chi connectivity index (χ2n) is 7.36. The Bertz CT molecular complexity index is 954. The molecule has 0 N–H and O–H groups in total. The van der Waals surface area contributed by atoms with Crippen LogP contribution < -0.4 is 4.74 Å². The zero-order valence-electron chi connectivity index (χ0n) is 16.4. The maximum Gasteiger partial charge on any atom is 0.313 e. The molecule has 4 heteroatoms. The highest BCUT2D eigenvalue weighted by Crippen LogP contribution is 2.29. The first-order valence-electron chi connectivity index (χ1n) is 9.33. The molecule has 0 amide bonds. The smallest absolute Gasteiger partial charge is 0.313 e. The predicted molar refractivity (Wildman–Crippen MR) is 117 cm³/mol. The molecule has 146 valence electrons. The first-order chi connectivity index (χ1) is 13.5. The van der Waals surface area contributed by atoms with Crippen LogP contribution in [0.3, 0.4) is 0 Å². The average molecular weight is 441 g/mol. The highest BCUT2D eigenvalue weighted by Gasteiger charge is 2.28. The standard InChI is InChI=1S/C24H25BrO3/c1-17(18-9-10-20-14-22(27-3)12-11-19(20)13-18)23(26)28-16-24(2,15-25)21-7-5-4-6-8-21/h4-14,17H,15-16H2,1-3H3. The SMILES string of the molecule is COc1ccc2cc(C(C)C(=O)OCC(C)(CBr)c3ccccc3)ccc2c1. The molecule has 0 bridgehead atoms. The van der Waals surface area contributed by atoms with E-state index in [9.17, 15) is 4.79 Å². The van der Waals surface area contributed by atoms with E-state index in [1.54, 1.807) is 7.11 Å². The van der Waals surface area contributed by atoms with Crippen molar-refractivity contribution in [2.75, 3.05) is 19.0 Å². The summed E-state index contributed by atoms with van der Waals surface area (Å²) < 4.78 is 11.0. The molecule has 0 aromatic heterocycles. The van der Waals surface area contributed by atoms with Gasteiger partial charge in [-0.2, -0.15) is 0 Å². The van der Waals surface area contributed by atoms with Gasteiger partial charge in [0.2, 0.25) is 0 Å². The van der Waals surface area contributed by atoms with Crippen molar-refractivity contribution >= 4 is 32.7 Å². The molecule has 2 atom stereocenters. The number of alkyl halides is 1. The van der Waals surface area contributed by atoms with Gasteiger partial charge in [-0.05, 0) is 41.0 Å². The van der Waals surface area contributed by atoms with E-state index in [0.29, 0.717) is 11.9 Å². The Labute approximate surface area is 174 Å². The number of rotatable bonds is 7. The van der Waals surface area contributed by atoms with E-state index in [1.807, 2.05) is 61.5 Å². The Balaban J connectivity index is 1.72. The van der Waals surface area contributed by atoms with Gasteiger partial charge in [0, 0.05) is 10.7 Å². The minimum Gasteiger partial charge on any atom is -0.497 e. The van der Waals surface area contributed by atoms with Gasteiger partial charge in [0.15, 0.2) is 0 Å². The molecule has 0 spiro atoms. The van der Waals surface area contributed by atoms with Crippen molar-refractivity contribution in [2.24, 2.45) is 0 Å². The summed E-state index contributed by atoms with van der Waals surface area (Å²) in [7, 11) is 1.66. The minimum absolute atomic E-state index is 0.212. The molecule has 3 nitrogen and oxygen atoms in total. The number of hydrogen-bond acceptors (Lipinski definition) is 3. The summed E-state index contributed by atoms with van der Waals surface area (Å²) in [5, 5.41) is 2.87. The predicted octanol–water partition coefficient (Wildman–Crippen LogP) is 5.85. The summed E-state index contributed by atoms with van der Waals surface area (Å²) in [6.45, 7) is 4.32. The second kappa shape index (κ2) is 8.78. The lowest BCUT2D eigenvalue weighted by Crippen LogP contribution is -2.32. The van der Waals surface area contributed by atoms with Gasteiger partial charge in [0.25, 0.3) is 0 Å². The second-order valence-corrected chi connectivity index (χ2v) is 7.92. The molecule has 28 heavy (non-hydrogen) atoms. The Kier molecular flexibility index (Phi) is 6.40. The van der Waals surface area contributed by atoms with Crippen LogP contribution in [0.25, 0.3) is 10.8 Å². The van der Waals surface area contributed by atoms with Gasteiger partial charge in [-0.25, -0.2) is 0 Å². The fourth-order valence-corrected chi connectivity index (χ4v) is 3.66. The normalized spacial score (nSPS) is 14.3. The Morgan fingerprint density at radius 3 is 2.39 bits per heavy atom. The lowest BCUT2D eigenvalue weighted by atomic mass is 9.85. The molecular weight excluding hydrogens is 416 g/mol. The van der Waals surface area contributed by atoms with Gasteiger partial charge in [0.05, 0.1) is 13.0 Å². The molecule has 0 heterocycles. The topological polar surface area (TPSA) is 35.5 Å². The number of fused-ring (bicyclic) bond motifs is 1. The van der Waals surface area contributed by atoms with Crippen LogP contribution in [0.2, 0.25) is 0 Å². The van der Waals surface area contributed by atoms with Crippen molar-refractivity contribution in [3.8, 4) is 5.75 Å². The number of ether oxygens (including phenoxy) is 2. The van der Waals surface area contributed by atoms with E-state index in [0.717, 1.165) is 27.6 Å². The fraction of sp³-hybridized carbons (Fsp3) is 0.292. The first kappa shape index (κ1) is 20.4. The third-order valence-corrected chi connectivity index (χ3v) is 6.46. The van der Waals surface area contributed by atoms with Crippen LogP contribution in [0, 0.1) is 0 Å². The van der Waals surface area contributed by atoms with E-state index >= 15 is 0 Å². The molecule has 0 saturated heterocycles. The lowest BCUT2D eigenvalue weighted by Gasteiger charge is -2.28. The number of carbonyl (C=O) groups excluding carboxylic acids is 1. The molecule has 0 aliphatic carbocycles. The van der Waals surface area contributed by atoms with E-state index < -0.39 is 0 Å². The van der Waals surface area contributed by atoms with Crippen LogP contribution in [0.5, 0.6) is 5.75 Å². The van der Waals surface area contributed by atoms with Crippen LogP contribution in [0.1, 0.15) is 30.9 Å². The summed E-state index contributed by atoms with van der Waals surface area (Å²) in [6, 6.07) is 22.1. The molecule has 2 unspecified atom stereocenters. The van der Waals surface area contributed by atoms with Gasteiger partial charge >= 0.3 is 5.97 Å². The number of methoxy groups -OCH3 is 1. The summed E-state index contributed by atoms with van der Waals surface area (Å²) in [5.74, 6) is 0.278. The van der Waals surface area contributed by atoms with Gasteiger partial charge in [-0.15, -0.1) is 0 Å². The van der Waals surface area contributed by atoms with Crippen LogP contribution in [-0.4, -0.2) is 25.0 Å². The van der Waals surface area contributed by atoms with Crippen molar-refractivity contribution in [2.45, 2.75) is 25.2 Å². The van der Waals surface area contributed by atoms with Crippen molar-refractivity contribution in [3.05, 3.63) is 77.9 Å². The highest BCUT2D eigenvalue weighted by atomic mass is 79.9. The molecule has 0 aliphatic heterocycles. The van der Waals surface area contributed by atoms with E-state index in [2.05, 4.69) is 35.0 Å². The number of benzene rings is 3. The number of esters is 1. The maximum absolute atomic E-state index is 12.7. The fourth-order valence-electron chi connectivity index (χ4n) is 3.17. The third kappa shape index (κ3) is 4.39. The molecule has 3 rings (SSSR count). The van der Waals surface area contributed by atoms with Crippen molar-refractivity contribution < 1.29 is 14.3 Å². The average Bonchev–Trinajstić information content (AvgIpc) is 2.76. The molecule has 3 aromatic rings. The van der Waals surface area contributed by atoms with E-state index in [4.69, 9.17) is 9.47 Å². The van der Waals surface area contributed by atoms with E-state index in [-0.39, 0.29) is 17.3 Å². The summed E-state index contributed by atoms with van der Waals surface area (Å²) in [4.78, 5) is 12.7. The summed E-state index contributed by atoms with van der Waals surface area (Å²) >= 11 is 3.58. The third-order valence-electron chi connectivity index (χ3n) is 5.22. The zero-order valence-corrected chi connectivity index (χ0v) is 18.0. The minimum atomic E-state index is -0.332. The van der Waals surface area contributed by atoms with E-state index in [1.165, 1.54) is 0 Å². The molecule has 0 saturated carbocycles. The number of carbonyl (C=O) groups is 1. The number of halogens is 1. The molecular formula is C24H25BrO3. The Morgan fingerprint density at radius 2 is 1.71 bits per heavy atom. The molecule has 0 radical (unpaired) electrons. The van der Waals surface area contributed by atoms with Gasteiger partial charge in [0.1, 0.15) is 12.4 Å². The number of hydrogen-bond donors (Lipinski definition) is 0. The summed E-state index contributed by atoms with van der Waals surface area (Å²) in [5.41, 5.74) is 1.83. The maximum atomic E-state index is 12.7. The largest absolute Gasteiger partial charge is 0.497 e. The van der Waals surface area contributed by atoms with Gasteiger partial charge in [-0.3, -0.25) is 4.79 Å². The lowest BCUT2D eigenvalue weighted by molar-refractivity contribution is -0.146. The molecule has 0 fully saturated rings. The quantitative estimate of drug-likeness (QED) is 0.341. The van der Waals surface area contributed by atoms with Crippen molar-refractivity contribution in [3.63, 3.8) is 0 Å². The molecule has 0 aliphatic rings. The molecule has 3 aromatic carbocycles. The van der Waals surface area contributed by atoms with Crippen molar-refractivity contribution in [1.29, 1.82) is 0 Å². The zero-order chi connectivity index (χ0) is 20.1. The van der Waals surface area contributed by atoms with Crippen LogP contribution in [-0.2, 0) is 14.9 Å². The van der Waals surface area contributed by atoms with Crippen molar-refractivity contribution in [1.82, 2.24) is 0 Å². The monoisotopic (exact) mass is 440 g/mol. The highest BCUT2D eigenvalue weighted by molar-refractivity contribution is 9.09. The summed E-state index contributed by atoms with van der Waals surface area (Å²) in [6.07, 6.45) is 0. The first-order valence-corrected chi connectivity index (χ1v) is 10.4. The Morgan fingerprint density at radius 1 is 1.04 bits per heavy atom. The van der Waals surface area contributed by atoms with Gasteiger partial charge in [-0.1, -0.05) is 77.5 Å². The van der Waals surface area contributed by atoms with Gasteiger partial charge < -0.3 is 9.47 Å². The Hall–Kier alpha value is -2.33.